The smallest absolute Gasteiger partial charge is 0.224 e. The molecule has 0 N–H and O–H groups in total. The van der Waals surface area contributed by atoms with Gasteiger partial charge in [0.1, 0.15) is 6.79 Å². The number of ether oxygens (including phenoxy) is 2. The Hall–Kier alpha value is 0.0969. The molecule has 1 saturated heterocycles. The lowest BCUT2D eigenvalue weighted by Crippen LogP contribution is -2.19. The third-order valence-electron chi connectivity index (χ3n) is 1.63. The van der Waals surface area contributed by atoms with Gasteiger partial charge >= 0.3 is 0 Å². The maximum atomic E-state index is 5.55. The van der Waals surface area contributed by atoms with Gasteiger partial charge in [-0.15, -0.1) is 0 Å². The predicted molar refractivity (Wildman–Crippen MR) is 43.7 cm³/mol. The summed E-state index contributed by atoms with van der Waals surface area (Å²) in [7, 11) is 1.63. The first-order chi connectivity index (χ1) is 5.14. The highest BCUT2D eigenvalue weighted by Crippen LogP contribution is 2.24. The Morgan fingerprint density at radius 1 is 1.64 bits per heavy atom. The molecule has 0 aromatic rings. The summed E-state index contributed by atoms with van der Waals surface area (Å²) in [6.07, 6.45) is 0.992. The summed E-state index contributed by atoms with van der Waals surface area (Å²) in [5, 5.41) is 0. The van der Waals surface area contributed by atoms with Crippen LogP contribution in [0.3, 0.4) is 0 Å². The first-order valence-electron chi connectivity index (χ1n) is 3.76. The second-order valence-electron chi connectivity index (χ2n) is 3.33. The van der Waals surface area contributed by atoms with E-state index < -0.39 is 0 Å². The minimum atomic E-state index is -0.00537. The van der Waals surface area contributed by atoms with Crippen LogP contribution in [0.15, 0.2) is 0 Å². The minimum absolute atomic E-state index is 0.00537. The molecule has 1 heterocycles. The van der Waals surface area contributed by atoms with Crippen molar-refractivity contribution in [3.8, 4) is 0 Å². The summed E-state index contributed by atoms with van der Waals surface area (Å²) < 4.78 is 15.7. The summed E-state index contributed by atoms with van der Waals surface area (Å²) in [4.78, 5) is 0. The van der Waals surface area contributed by atoms with Crippen LogP contribution in [0.25, 0.3) is 0 Å². The molecule has 1 unspecified atom stereocenters. The standard InChI is InChI=1S/C7H15O3Si/c1-7(2)4-6(11-10-7)9-5-8-3/h6,11H,4-5H2,1-3H3. The van der Waals surface area contributed by atoms with Crippen molar-refractivity contribution in [2.24, 2.45) is 0 Å². The molecule has 4 heteroatoms. The normalized spacial score (nSPS) is 29.2. The third kappa shape index (κ3) is 2.90. The average molecular weight is 175 g/mol. The van der Waals surface area contributed by atoms with Crippen LogP contribution in [0.5, 0.6) is 0 Å². The highest BCUT2D eigenvalue weighted by Gasteiger charge is 2.33. The maximum absolute atomic E-state index is 5.55. The van der Waals surface area contributed by atoms with Gasteiger partial charge in [-0.05, 0) is 13.8 Å². The lowest BCUT2D eigenvalue weighted by molar-refractivity contribution is -0.0485. The van der Waals surface area contributed by atoms with E-state index in [1.54, 1.807) is 7.11 Å². The van der Waals surface area contributed by atoms with Crippen LogP contribution in [-0.4, -0.2) is 35.0 Å². The summed E-state index contributed by atoms with van der Waals surface area (Å²) in [6, 6.07) is 0. The molecule has 1 rings (SSSR count). The van der Waals surface area contributed by atoms with Gasteiger partial charge < -0.3 is 13.9 Å². The molecule has 0 saturated carbocycles. The van der Waals surface area contributed by atoms with Crippen LogP contribution in [0, 0.1) is 0 Å². The van der Waals surface area contributed by atoms with Crippen LogP contribution in [0.1, 0.15) is 20.3 Å². The van der Waals surface area contributed by atoms with Crippen molar-refractivity contribution in [2.75, 3.05) is 13.9 Å². The SMILES string of the molecule is COCOC1CC(C)(C)O[SiH]1. The molecule has 1 atom stereocenters. The molecule has 1 radical (unpaired) electrons. The molecule has 0 bridgehead atoms. The zero-order chi connectivity index (χ0) is 8.32. The van der Waals surface area contributed by atoms with E-state index in [1.807, 2.05) is 0 Å². The minimum Gasteiger partial charge on any atom is -0.413 e. The Balaban J connectivity index is 2.20. The molecule has 0 amide bonds. The average Bonchev–Trinajstić information content (AvgIpc) is 2.26. The zero-order valence-corrected chi connectivity index (χ0v) is 8.45. The Morgan fingerprint density at radius 3 is 2.82 bits per heavy atom. The van der Waals surface area contributed by atoms with Gasteiger partial charge in [-0.25, -0.2) is 0 Å². The third-order valence-corrected chi connectivity index (χ3v) is 3.14. The van der Waals surface area contributed by atoms with Gasteiger partial charge in [0.2, 0.25) is 9.76 Å². The molecule has 0 aromatic carbocycles. The van der Waals surface area contributed by atoms with Gasteiger partial charge in [-0.3, -0.25) is 0 Å². The largest absolute Gasteiger partial charge is 0.413 e. The highest BCUT2D eigenvalue weighted by molar-refractivity contribution is 6.30. The van der Waals surface area contributed by atoms with Crippen molar-refractivity contribution in [3.05, 3.63) is 0 Å². The van der Waals surface area contributed by atoms with E-state index in [9.17, 15) is 0 Å². The molecule has 11 heavy (non-hydrogen) atoms. The number of methoxy groups -OCH3 is 1. The number of rotatable bonds is 3. The van der Waals surface area contributed by atoms with E-state index in [0.29, 0.717) is 12.5 Å². The fourth-order valence-electron chi connectivity index (χ4n) is 1.09. The first kappa shape index (κ1) is 9.19. The topological polar surface area (TPSA) is 27.7 Å². The number of hydrogen-bond donors (Lipinski definition) is 0. The highest BCUT2D eigenvalue weighted by atomic mass is 28.2. The fourth-order valence-corrected chi connectivity index (χ4v) is 2.53. The number of hydrogen-bond acceptors (Lipinski definition) is 3. The monoisotopic (exact) mass is 175 g/mol. The van der Waals surface area contributed by atoms with Crippen LogP contribution >= 0.6 is 0 Å². The molecule has 0 aliphatic carbocycles. The van der Waals surface area contributed by atoms with Gasteiger partial charge in [-0.1, -0.05) is 0 Å². The van der Waals surface area contributed by atoms with Gasteiger partial charge in [-0.2, -0.15) is 0 Å². The maximum Gasteiger partial charge on any atom is 0.224 e. The fraction of sp³-hybridized carbons (Fsp3) is 1.00. The molecule has 1 aliphatic rings. The quantitative estimate of drug-likeness (QED) is 0.461. The lowest BCUT2D eigenvalue weighted by atomic mass is 10.1. The van der Waals surface area contributed by atoms with Gasteiger partial charge in [0.05, 0.1) is 11.3 Å². The summed E-state index contributed by atoms with van der Waals surface area (Å²) in [5.41, 5.74) is 0.318. The van der Waals surface area contributed by atoms with Crippen molar-refractivity contribution >= 4 is 9.76 Å². The summed E-state index contributed by atoms with van der Waals surface area (Å²) >= 11 is 0. The van der Waals surface area contributed by atoms with Crippen molar-refractivity contribution in [3.63, 3.8) is 0 Å². The Morgan fingerprint density at radius 2 is 2.36 bits per heavy atom. The lowest BCUT2D eigenvalue weighted by Gasteiger charge is -2.16. The van der Waals surface area contributed by atoms with Crippen LogP contribution in [-0.2, 0) is 13.9 Å². The van der Waals surface area contributed by atoms with Crippen molar-refractivity contribution in [2.45, 2.75) is 31.6 Å². The van der Waals surface area contributed by atoms with E-state index in [1.165, 1.54) is 0 Å². The molecular formula is C7H15O3Si. The van der Waals surface area contributed by atoms with Crippen LogP contribution in [0.4, 0.5) is 0 Å². The zero-order valence-electron chi connectivity index (χ0n) is 7.29. The summed E-state index contributed by atoms with van der Waals surface area (Å²) in [6.45, 7) is 4.57. The second-order valence-corrected chi connectivity index (χ2v) is 4.58. The Labute approximate surface area is 70.0 Å². The van der Waals surface area contributed by atoms with E-state index in [0.717, 1.165) is 6.42 Å². The van der Waals surface area contributed by atoms with E-state index in [4.69, 9.17) is 13.9 Å². The van der Waals surface area contributed by atoms with Gasteiger partial charge in [0, 0.05) is 13.5 Å². The predicted octanol–water partition coefficient (Wildman–Crippen LogP) is 0.483. The van der Waals surface area contributed by atoms with Gasteiger partial charge in [0.25, 0.3) is 0 Å². The molecule has 3 nitrogen and oxygen atoms in total. The van der Waals surface area contributed by atoms with E-state index >= 15 is 0 Å². The summed E-state index contributed by atoms with van der Waals surface area (Å²) in [5.74, 6) is 0. The van der Waals surface area contributed by atoms with E-state index in [-0.39, 0.29) is 15.4 Å². The Kier molecular flexibility index (Phi) is 3.06. The molecular weight excluding hydrogens is 160 g/mol. The molecule has 1 aliphatic heterocycles. The molecule has 1 fully saturated rings. The molecule has 0 aromatic heterocycles. The van der Waals surface area contributed by atoms with Crippen LogP contribution in [0.2, 0.25) is 0 Å². The van der Waals surface area contributed by atoms with Gasteiger partial charge in [0.15, 0.2) is 0 Å². The first-order valence-corrected chi connectivity index (χ1v) is 4.89. The van der Waals surface area contributed by atoms with Crippen molar-refractivity contribution < 1.29 is 13.9 Å². The van der Waals surface area contributed by atoms with Crippen molar-refractivity contribution in [1.82, 2.24) is 0 Å². The Bertz CT molecular complexity index is 127. The van der Waals surface area contributed by atoms with Crippen LogP contribution < -0.4 is 0 Å². The molecule has 0 spiro atoms. The second kappa shape index (κ2) is 3.67. The van der Waals surface area contributed by atoms with Crippen molar-refractivity contribution in [1.29, 1.82) is 0 Å². The van der Waals surface area contributed by atoms with E-state index in [2.05, 4.69) is 13.8 Å². The molecule has 65 valence electrons.